The van der Waals surface area contributed by atoms with E-state index in [4.69, 9.17) is 11.6 Å². The van der Waals surface area contributed by atoms with Gasteiger partial charge in [-0.15, -0.1) is 0 Å². The Kier molecular flexibility index (Phi) is 5.39. The Balaban J connectivity index is 2.14. The van der Waals surface area contributed by atoms with E-state index in [0.717, 1.165) is 23.6 Å². The van der Waals surface area contributed by atoms with Gasteiger partial charge in [0, 0.05) is 23.9 Å². The third-order valence-electron chi connectivity index (χ3n) is 4.09. The summed E-state index contributed by atoms with van der Waals surface area (Å²) in [6.07, 6.45) is 2.11. The summed E-state index contributed by atoms with van der Waals surface area (Å²) in [5.74, 6) is -2.24. The molecule has 1 aliphatic carbocycles. The zero-order valence-corrected chi connectivity index (χ0v) is 12.6. The summed E-state index contributed by atoms with van der Waals surface area (Å²) in [5.41, 5.74) is 1.04. The second-order valence-electron chi connectivity index (χ2n) is 5.65. The predicted molar refractivity (Wildman–Crippen MR) is 79.4 cm³/mol. The van der Waals surface area contributed by atoms with Crippen molar-refractivity contribution in [3.8, 4) is 0 Å². The van der Waals surface area contributed by atoms with E-state index in [1.165, 1.54) is 0 Å². The second kappa shape index (κ2) is 6.86. The molecular formula is C16H22ClF2N. The molecule has 0 radical (unpaired) electrons. The molecule has 20 heavy (non-hydrogen) atoms. The van der Waals surface area contributed by atoms with Crippen molar-refractivity contribution in [3.63, 3.8) is 0 Å². The molecule has 1 nitrogen and oxygen atoms in total. The Morgan fingerprint density at radius 1 is 1.30 bits per heavy atom. The van der Waals surface area contributed by atoms with E-state index in [2.05, 4.69) is 12.2 Å². The molecule has 0 aliphatic heterocycles. The van der Waals surface area contributed by atoms with Gasteiger partial charge in [-0.25, -0.2) is 8.78 Å². The number of hydrogen-bond donors (Lipinski definition) is 1. The van der Waals surface area contributed by atoms with Gasteiger partial charge in [0.05, 0.1) is 0 Å². The predicted octanol–water partition coefficient (Wildman–Crippen LogP) is 5.21. The van der Waals surface area contributed by atoms with Crippen LogP contribution in [0, 0.1) is 5.92 Å². The van der Waals surface area contributed by atoms with Crippen LogP contribution >= 0.6 is 11.6 Å². The maximum atomic E-state index is 13.3. The molecule has 1 fully saturated rings. The van der Waals surface area contributed by atoms with Crippen molar-refractivity contribution >= 4 is 11.6 Å². The number of halogens is 3. The molecule has 0 spiro atoms. The number of rotatable bonds is 5. The smallest absolute Gasteiger partial charge is 0.248 e. The molecule has 0 aromatic heterocycles. The van der Waals surface area contributed by atoms with Crippen LogP contribution in [-0.2, 0) is 0 Å². The van der Waals surface area contributed by atoms with Gasteiger partial charge in [-0.05, 0) is 43.4 Å². The molecule has 0 bridgehead atoms. The Morgan fingerprint density at radius 2 is 1.95 bits per heavy atom. The second-order valence-corrected chi connectivity index (χ2v) is 6.05. The molecular weight excluding hydrogens is 280 g/mol. The van der Waals surface area contributed by atoms with Crippen LogP contribution in [0.15, 0.2) is 24.3 Å². The van der Waals surface area contributed by atoms with E-state index in [1.807, 2.05) is 24.3 Å². The fourth-order valence-corrected chi connectivity index (χ4v) is 3.21. The van der Waals surface area contributed by atoms with E-state index >= 15 is 0 Å². The van der Waals surface area contributed by atoms with Crippen molar-refractivity contribution in [1.29, 1.82) is 0 Å². The third kappa shape index (κ3) is 3.92. The first-order valence-electron chi connectivity index (χ1n) is 7.39. The quantitative estimate of drug-likeness (QED) is 0.787. The molecule has 0 heterocycles. The van der Waals surface area contributed by atoms with Crippen LogP contribution in [0.1, 0.15) is 50.6 Å². The average Bonchev–Trinajstić information content (AvgIpc) is 2.42. The van der Waals surface area contributed by atoms with E-state index < -0.39 is 5.92 Å². The molecule has 0 saturated heterocycles. The topological polar surface area (TPSA) is 12.0 Å². The van der Waals surface area contributed by atoms with E-state index in [1.54, 1.807) is 0 Å². The maximum Gasteiger partial charge on any atom is 0.248 e. The molecule has 1 saturated carbocycles. The van der Waals surface area contributed by atoms with Crippen LogP contribution in [0.25, 0.3) is 0 Å². The van der Waals surface area contributed by atoms with Crippen molar-refractivity contribution < 1.29 is 8.78 Å². The zero-order valence-electron chi connectivity index (χ0n) is 11.8. The van der Waals surface area contributed by atoms with Crippen molar-refractivity contribution in [2.45, 2.75) is 51.0 Å². The van der Waals surface area contributed by atoms with Gasteiger partial charge in [-0.3, -0.25) is 0 Å². The monoisotopic (exact) mass is 301 g/mol. The van der Waals surface area contributed by atoms with Crippen LogP contribution < -0.4 is 5.32 Å². The first kappa shape index (κ1) is 15.7. The van der Waals surface area contributed by atoms with Crippen LogP contribution in [-0.4, -0.2) is 12.5 Å². The average molecular weight is 302 g/mol. The highest BCUT2D eigenvalue weighted by molar-refractivity contribution is 6.31. The highest BCUT2D eigenvalue weighted by Crippen LogP contribution is 2.42. The van der Waals surface area contributed by atoms with Crippen LogP contribution in [0.2, 0.25) is 5.02 Å². The summed E-state index contributed by atoms with van der Waals surface area (Å²) in [4.78, 5) is 0. The summed E-state index contributed by atoms with van der Waals surface area (Å²) >= 11 is 6.29. The summed E-state index contributed by atoms with van der Waals surface area (Å²) in [6, 6.07) is 7.81. The van der Waals surface area contributed by atoms with Gasteiger partial charge >= 0.3 is 0 Å². The molecule has 112 valence electrons. The molecule has 1 aliphatic rings. The lowest BCUT2D eigenvalue weighted by atomic mass is 9.79. The highest BCUT2D eigenvalue weighted by atomic mass is 35.5. The van der Waals surface area contributed by atoms with Crippen molar-refractivity contribution in [1.82, 2.24) is 5.32 Å². The third-order valence-corrected chi connectivity index (χ3v) is 4.43. The first-order chi connectivity index (χ1) is 9.53. The minimum atomic E-state index is -2.48. The van der Waals surface area contributed by atoms with Crippen LogP contribution in [0.5, 0.6) is 0 Å². The van der Waals surface area contributed by atoms with E-state index in [9.17, 15) is 8.78 Å². The fraction of sp³-hybridized carbons (Fsp3) is 0.625. The van der Waals surface area contributed by atoms with Gasteiger partial charge in [0.15, 0.2) is 0 Å². The molecule has 1 unspecified atom stereocenters. The zero-order chi connectivity index (χ0) is 14.6. The number of hydrogen-bond acceptors (Lipinski definition) is 1. The lowest BCUT2D eigenvalue weighted by Crippen LogP contribution is -2.34. The summed E-state index contributed by atoms with van der Waals surface area (Å²) < 4.78 is 26.7. The molecule has 1 atom stereocenters. The summed E-state index contributed by atoms with van der Waals surface area (Å²) in [6.45, 7) is 2.98. The Hall–Kier alpha value is -0.670. The van der Waals surface area contributed by atoms with E-state index in [-0.39, 0.29) is 24.8 Å². The number of nitrogens with one attached hydrogen (secondary N) is 1. The molecule has 1 N–H and O–H groups in total. The first-order valence-corrected chi connectivity index (χ1v) is 7.77. The standard InChI is InChI=1S/C16H22ClF2N/c1-2-11-20-15(13-5-3-4-6-14(13)17)12-7-9-16(18,19)10-8-12/h3-6,12,15,20H,2,7-11H2,1H3. The lowest BCUT2D eigenvalue weighted by Gasteiger charge is -2.35. The molecule has 2 rings (SSSR count). The van der Waals surface area contributed by atoms with Gasteiger partial charge < -0.3 is 5.32 Å². The Morgan fingerprint density at radius 3 is 2.55 bits per heavy atom. The lowest BCUT2D eigenvalue weighted by molar-refractivity contribution is -0.0497. The van der Waals surface area contributed by atoms with Crippen molar-refractivity contribution in [2.75, 3.05) is 6.54 Å². The normalized spacial score (nSPS) is 20.8. The van der Waals surface area contributed by atoms with Crippen molar-refractivity contribution in [2.24, 2.45) is 5.92 Å². The Bertz CT molecular complexity index is 426. The Labute approximate surface area is 124 Å². The molecule has 1 aromatic rings. The van der Waals surface area contributed by atoms with Crippen molar-refractivity contribution in [3.05, 3.63) is 34.9 Å². The van der Waals surface area contributed by atoms with Gasteiger partial charge in [0.25, 0.3) is 0 Å². The SMILES string of the molecule is CCCNC(c1ccccc1Cl)C1CCC(F)(F)CC1. The van der Waals surface area contributed by atoms with Crippen LogP contribution in [0.3, 0.4) is 0 Å². The maximum absolute atomic E-state index is 13.3. The summed E-state index contributed by atoms with van der Waals surface area (Å²) in [7, 11) is 0. The molecule has 4 heteroatoms. The minimum Gasteiger partial charge on any atom is -0.310 e. The fourth-order valence-electron chi connectivity index (χ4n) is 2.95. The number of benzene rings is 1. The van der Waals surface area contributed by atoms with Crippen LogP contribution in [0.4, 0.5) is 8.78 Å². The molecule has 0 amide bonds. The summed E-state index contributed by atoms with van der Waals surface area (Å²) in [5, 5.41) is 4.22. The molecule has 1 aromatic carbocycles. The van der Waals surface area contributed by atoms with Gasteiger partial charge in [-0.1, -0.05) is 36.7 Å². The number of alkyl halides is 2. The highest BCUT2D eigenvalue weighted by Gasteiger charge is 2.38. The van der Waals surface area contributed by atoms with Gasteiger partial charge in [0.2, 0.25) is 5.92 Å². The largest absolute Gasteiger partial charge is 0.310 e. The van der Waals surface area contributed by atoms with Gasteiger partial charge in [-0.2, -0.15) is 0 Å². The minimum absolute atomic E-state index is 0.00752. The van der Waals surface area contributed by atoms with Gasteiger partial charge in [0.1, 0.15) is 0 Å². The van der Waals surface area contributed by atoms with E-state index in [0.29, 0.717) is 12.8 Å².